The summed E-state index contributed by atoms with van der Waals surface area (Å²) in [6.45, 7) is 5.92. The van der Waals surface area contributed by atoms with Crippen molar-refractivity contribution in [2.75, 3.05) is 4.90 Å². The van der Waals surface area contributed by atoms with Crippen LogP contribution in [0.3, 0.4) is 0 Å². The standard InChI is InChI=1S/C15H17N/c1-3-6-14-7-4-5-12-16(14)15-10-8-13(2)9-11-15/h3-5,7-12,14H,1,6H2,2H3. The Labute approximate surface area is 97.4 Å². The van der Waals surface area contributed by atoms with Gasteiger partial charge in [-0.05, 0) is 31.6 Å². The topological polar surface area (TPSA) is 3.24 Å². The fourth-order valence-electron chi connectivity index (χ4n) is 1.90. The molecule has 0 spiro atoms. The Balaban J connectivity index is 2.24. The third-order valence-corrected chi connectivity index (χ3v) is 2.79. The second-order valence-corrected chi connectivity index (χ2v) is 4.06. The summed E-state index contributed by atoms with van der Waals surface area (Å²) in [6, 6.07) is 9.01. The van der Waals surface area contributed by atoms with Crippen LogP contribution in [0.4, 0.5) is 5.69 Å². The Kier molecular flexibility index (Phi) is 3.25. The maximum absolute atomic E-state index is 3.81. The van der Waals surface area contributed by atoms with Gasteiger partial charge in [0.2, 0.25) is 0 Å². The number of rotatable bonds is 3. The molecule has 1 aliphatic rings. The van der Waals surface area contributed by atoms with E-state index in [4.69, 9.17) is 0 Å². The summed E-state index contributed by atoms with van der Waals surface area (Å²) in [5.74, 6) is 0. The van der Waals surface area contributed by atoms with Crippen molar-refractivity contribution in [1.29, 1.82) is 0 Å². The molecular formula is C15H17N. The zero-order valence-corrected chi connectivity index (χ0v) is 9.63. The van der Waals surface area contributed by atoms with Gasteiger partial charge in [-0.3, -0.25) is 0 Å². The van der Waals surface area contributed by atoms with Crippen molar-refractivity contribution in [3.8, 4) is 0 Å². The summed E-state index contributed by atoms with van der Waals surface area (Å²) in [4.78, 5) is 2.28. The molecule has 1 unspecified atom stereocenters. The van der Waals surface area contributed by atoms with Gasteiger partial charge < -0.3 is 4.90 Å². The number of nitrogens with zero attached hydrogens (tertiary/aromatic N) is 1. The molecule has 0 saturated heterocycles. The lowest BCUT2D eigenvalue weighted by molar-refractivity contribution is 0.780. The van der Waals surface area contributed by atoms with E-state index in [0.29, 0.717) is 6.04 Å². The lowest BCUT2D eigenvalue weighted by Crippen LogP contribution is -2.29. The van der Waals surface area contributed by atoms with E-state index in [0.717, 1.165) is 6.42 Å². The van der Waals surface area contributed by atoms with Gasteiger partial charge in [-0.25, -0.2) is 0 Å². The summed E-state index contributed by atoms with van der Waals surface area (Å²) >= 11 is 0. The molecule has 16 heavy (non-hydrogen) atoms. The number of hydrogen-bond acceptors (Lipinski definition) is 1. The highest BCUT2D eigenvalue weighted by Gasteiger charge is 2.14. The van der Waals surface area contributed by atoms with E-state index in [1.807, 2.05) is 6.08 Å². The lowest BCUT2D eigenvalue weighted by Gasteiger charge is -2.29. The van der Waals surface area contributed by atoms with E-state index in [1.165, 1.54) is 11.3 Å². The van der Waals surface area contributed by atoms with E-state index >= 15 is 0 Å². The first-order chi connectivity index (χ1) is 7.81. The minimum absolute atomic E-state index is 0.394. The first kappa shape index (κ1) is 10.7. The highest BCUT2D eigenvalue weighted by Crippen LogP contribution is 2.22. The van der Waals surface area contributed by atoms with Crippen LogP contribution in [0.5, 0.6) is 0 Å². The van der Waals surface area contributed by atoms with Crippen LogP contribution in [-0.2, 0) is 0 Å². The van der Waals surface area contributed by atoms with Gasteiger partial charge in [0.15, 0.2) is 0 Å². The molecule has 1 nitrogen and oxygen atoms in total. The van der Waals surface area contributed by atoms with Crippen LogP contribution in [0.15, 0.2) is 61.3 Å². The quantitative estimate of drug-likeness (QED) is 0.687. The van der Waals surface area contributed by atoms with Crippen molar-refractivity contribution < 1.29 is 0 Å². The molecular weight excluding hydrogens is 194 g/mol. The molecule has 1 heterocycles. The molecule has 0 bridgehead atoms. The number of aryl methyl sites for hydroxylation is 1. The zero-order valence-electron chi connectivity index (χ0n) is 9.63. The van der Waals surface area contributed by atoms with Gasteiger partial charge in [0.1, 0.15) is 0 Å². The van der Waals surface area contributed by atoms with Crippen molar-refractivity contribution in [2.24, 2.45) is 0 Å². The Hall–Kier alpha value is -1.76. The maximum atomic E-state index is 3.81. The van der Waals surface area contributed by atoms with Crippen LogP contribution in [0.2, 0.25) is 0 Å². The summed E-state index contributed by atoms with van der Waals surface area (Å²) in [7, 11) is 0. The van der Waals surface area contributed by atoms with Crippen molar-refractivity contribution in [3.63, 3.8) is 0 Å². The average molecular weight is 211 g/mol. The van der Waals surface area contributed by atoms with Gasteiger partial charge in [0.05, 0.1) is 6.04 Å². The highest BCUT2D eigenvalue weighted by atomic mass is 15.1. The number of hydrogen-bond donors (Lipinski definition) is 0. The minimum atomic E-state index is 0.394. The molecule has 1 aliphatic heterocycles. The van der Waals surface area contributed by atoms with Crippen LogP contribution < -0.4 is 4.90 Å². The van der Waals surface area contributed by atoms with Gasteiger partial charge in [0, 0.05) is 11.9 Å². The smallest absolute Gasteiger partial charge is 0.0553 e. The summed E-state index contributed by atoms with van der Waals surface area (Å²) in [5.41, 5.74) is 2.53. The largest absolute Gasteiger partial charge is 0.341 e. The number of anilines is 1. The van der Waals surface area contributed by atoms with Crippen LogP contribution in [0.1, 0.15) is 12.0 Å². The van der Waals surface area contributed by atoms with Crippen molar-refractivity contribution in [3.05, 3.63) is 66.9 Å². The second kappa shape index (κ2) is 4.84. The van der Waals surface area contributed by atoms with Crippen molar-refractivity contribution in [1.82, 2.24) is 0 Å². The van der Waals surface area contributed by atoms with E-state index in [2.05, 4.69) is 67.1 Å². The molecule has 0 N–H and O–H groups in total. The minimum Gasteiger partial charge on any atom is -0.341 e. The Morgan fingerprint density at radius 2 is 2.00 bits per heavy atom. The summed E-state index contributed by atoms with van der Waals surface area (Å²) in [5, 5.41) is 0. The summed E-state index contributed by atoms with van der Waals surface area (Å²) in [6.07, 6.45) is 11.4. The van der Waals surface area contributed by atoms with Crippen LogP contribution in [0.25, 0.3) is 0 Å². The Morgan fingerprint density at radius 3 is 2.69 bits per heavy atom. The highest BCUT2D eigenvalue weighted by molar-refractivity contribution is 5.53. The Bertz CT molecular complexity index is 412. The predicted octanol–water partition coefficient (Wildman–Crippen LogP) is 3.83. The van der Waals surface area contributed by atoms with Gasteiger partial charge >= 0.3 is 0 Å². The van der Waals surface area contributed by atoms with Crippen LogP contribution in [0, 0.1) is 6.92 Å². The molecule has 0 radical (unpaired) electrons. The lowest BCUT2D eigenvalue weighted by atomic mass is 10.1. The molecule has 1 aromatic rings. The maximum Gasteiger partial charge on any atom is 0.0553 e. The first-order valence-electron chi connectivity index (χ1n) is 5.62. The molecule has 2 rings (SSSR count). The normalized spacial score (nSPS) is 18.8. The van der Waals surface area contributed by atoms with Gasteiger partial charge in [0.25, 0.3) is 0 Å². The monoisotopic (exact) mass is 211 g/mol. The van der Waals surface area contributed by atoms with Crippen molar-refractivity contribution >= 4 is 5.69 Å². The van der Waals surface area contributed by atoms with Crippen LogP contribution in [-0.4, -0.2) is 6.04 Å². The van der Waals surface area contributed by atoms with Crippen molar-refractivity contribution in [2.45, 2.75) is 19.4 Å². The van der Waals surface area contributed by atoms with Gasteiger partial charge in [-0.1, -0.05) is 35.9 Å². The molecule has 0 saturated carbocycles. The predicted molar refractivity (Wildman–Crippen MR) is 70.5 cm³/mol. The van der Waals surface area contributed by atoms with Gasteiger partial charge in [-0.2, -0.15) is 0 Å². The van der Waals surface area contributed by atoms with Crippen LogP contribution >= 0.6 is 0 Å². The molecule has 0 aliphatic carbocycles. The Morgan fingerprint density at radius 1 is 1.25 bits per heavy atom. The van der Waals surface area contributed by atoms with E-state index in [9.17, 15) is 0 Å². The first-order valence-corrected chi connectivity index (χ1v) is 5.62. The average Bonchev–Trinajstić information content (AvgIpc) is 2.32. The molecule has 0 amide bonds. The zero-order chi connectivity index (χ0) is 11.4. The third-order valence-electron chi connectivity index (χ3n) is 2.79. The molecule has 0 aromatic heterocycles. The summed E-state index contributed by atoms with van der Waals surface area (Å²) < 4.78 is 0. The van der Waals surface area contributed by atoms with E-state index in [-0.39, 0.29) is 0 Å². The second-order valence-electron chi connectivity index (χ2n) is 4.06. The fraction of sp³-hybridized carbons (Fsp3) is 0.200. The third kappa shape index (κ3) is 2.25. The molecule has 1 atom stereocenters. The fourth-order valence-corrected chi connectivity index (χ4v) is 1.90. The SMILES string of the molecule is C=CCC1C=CC=CN1c1ccc(C)cc1. The molecule has 0 fully saturated rings. The number of benzene rings is 1. The van der Waals surface area contributed by atoms with E-state index < -0.39 is 0 Å². The van der Waals surface area contributed by atoms with Gasteiger partial charge in [-0.15, -0.1) is 6.58 Å². The van der Waals surface area contributed by atoms with E-state index in [1.54, 1.807) is 0 Å². The number of allylic oxidation sites excluding steroid dienone is 2. The molecule has 1 heteroatoms. The molecule has 1 aromatic carbocycles. The molecule has 82 valence electrons.